The maximum atomic E-state index is 11.4. The summed E-state index contributed by atoms with van der Waals surface area (Å²) in [5, 5.41) is 25.2. The van der Waals surface area contributed by atoms with Crippen LogP contribution in [-0.2, 0) is 13.0 Å². The maximum Gasteiger partial charge on any atom is 0.329 e. The number of nitro benzene ring substituents is 1. The van der Waals surface area contributed by atoms with Crippen LogP contribution in [0, 0.1) is 20.2 Å². The Balaban J connectivity index is 1.65. The lowest BCUT2D eigenvalue weighted by atomic mass is 10.1. The Morgan fingerprint density at radius 3 is 2.82 bits per heavy atom. The summed E-state index contributed by atoms with van der Waals surface area (Å²) in [7, 11) is 0. The Kier molecular flexibility index (Phi) is 4.27. The molecule has 2 N–H and O–H groups in total. The lowest BCUT2D eigenvalue weighted by Crippen LogP contribution is -2.32. The molecule has 0 aliphatic carbocycles. The number of non-ortho nitro benzene ring substituents is 1. The molecule has 3 aromatic rings. The molecule has 0 fully saturated rings. The fourth-order valence-electron chi connectivity index (χ4n) is 3.00. The molecule has 142 valence electrons. The summed E-state index contributed by atoms with van der Waals surface area (Å²) in [4.78, 5) is 38.6. The van der Waals surface area contributed by atoms with Crippen molar-refractivity contribution in [3.63, 3.8) is 0 Å². The number of hydrogen-bond acceptors (Lipinski definition) is 9. The Bertz CT molecular complexity index is 1070. The zero-order chi connectivity index (χ0) is 19.7. The van der Waals surface area contributed by atoms with E-state index >= 15 is 0 Å². The number of nitrogens with one attached hydrogen (secondary N) is 2. The Morgan fingerprint density at radius 1 is 1.18 bits per heavy atom. The van der Waals surface area contributed by atoms with Gasteiger partial charge >= 0.3 is 5.69 Å². The molecule has 12 heteroatoms. The van der Waals surface area contributed by atoms with Gasteiger partial charge in [0, 0.05) is 36.5 Å². The van der Waals surface area contributed by atoms with Crippen LogP contribution < -0.4 is 10.2 Å². The molecule has 0 radical (unpaired) electrons. The standard InChI is InChI=1S/C16H14N8O4/c25-23(26)11-3-1-2-10(6-11)20-16-17-7-14(24(27)28)15(21-16)22-5-4-12-13(8-22)19-9-18-12/h1-3,6-7,9H,4-5,8H2,(H,18,19)(H,17,20,21). The van der Waals surface area contributed by atoms with Crippen molar-refractivity contribution in [2.45, 2.75) is 13.0 Å². The van der Waals surface area contributed by atoms with E-state index in [1.165, 1.54) is 18.2 Å². The third-order valence-electron chi connectivity index (χ3n) is 4.34. The Hall–Kier alpha value is -4.09. The molecule has 28 heavy (non-hydrogen) atoms. The van der Waals surface area contributed by atoms with Gasteiger partial charge in [-0.2, -0.15) is 4.98 Å². The van der Waals surface area contributed by atoms with E-state index in [9.17, 15) is 20.2 Å². The minimum absolute atomic E-state index is 0.0887. The van der Waals surface area contributed by atoms with E-state index in [0.29, 0.717) is 25.2 Å². The van der Waals surface area contributed by atoms with Gasteiger partial charge in [0.05, 0.1) is 28.4 Å². The van der Waals surface area contributed by atoms with E-state index in [2.05, 4.69) is 25.3 Å². The van der Waals surface area contributed by atoms with E-state index in [-0.39, 0.29) is 23.1 Å². The van der Waals surface area contributed by atoms with Gasteiger partial charge < -0.3 is 15.2 Å². The van der Waals surface area contributed by atoms with Crippen LogP contribution in [0.2, 0.25) is 0 Å². The lowest BCUT2D eigenvalue weighted by molar-refractivity contribution is -0.384. The molecule has 0 spiro atoms. The SMILES string of the molecule is O=[N+]([O-])c1cccc(Nc2ncc([N+](=O)[O-])c(N3CCc4[nH]cnc4C3)n2)c1. The lowest BCUT2D eigenvalue weighted by Gasteiger charge is -2.26. The highest BCUT2D eigenvalue weighted by molar-refractivity contribution is 5.63. The predicted octanol–water partition coefficient (Wildman–Crippen LogP) is 2.32. The van der Waals surface area contributed by atoms with Crippen LogP contribution in [-0.4, -0.2) is 36.3 Å². The van der Waals surface area contributed by atoms with Crippen molar-refractivity contribution in [2.24, 2.45) is 0 Å². The van der Waals surface area contributed by atoms with Crippen molar-refractivity contribution in [3.05, 3.63) is 68.4 Å². The number of benzene rings is 1. The van der Waals surface area contributed by atoms with Crippen molar-refractivity contribution in [1.29, 1.82) is 0 Å². The Labute approximate surface area is 157 Å². The number of hydrogen-bond donors (Lipinski definition) is 2. The average molecular weight is 382 g/mol. The molecular weight excluding hydrogens is 368 g/mol. The highest BCUT2D eigenvalue weighted by Gasteiger charge is 2.27. The smallest absolute Gasteiger partial charge is 0.329 e. The quantitative estimate of drug-likeness (QED) is 0.499. The molecule has 0 saturated carbocycles. The predicted molar refractivity (Wildman–Crippen MR) is 98.4 cm³/mol. The third-order valence-corrected chi connectivity index (χ3v) is 4.34. The molecule has 2 aromatic heterocycles. The average Bonchev–Trinajstić information content (AvgIpc) is 3.15. The summed E-state index contributed by atoms with van der Waals surface area (Å²) in [5.74, 6) is 0.274. The second kappa shape index (κ2) is 6.90. The first-order chi connectivity index (χ1) is 13.5. The van der Waals surface area contributed by atoms with Crippen molar-refractivity contribution in [2.75, 3.05) is 16.8 Å². The molecule has 0 atom stereocenters. The van der Waals surface area contributed by atoms with E-state index in [1.807, 2.05) is 0 Å². The second-order valence-electron chi connectivity index (χ2n) is 6.09. The zero-order valence-electron chi connectivity index (χ0n) is 14.4. The molecule has 0 bridgehead atoms. The number of rotatable bonds is 5. The fourth-order valence-corrected chi connectivity index (χ4v) is 3.00. The largest absolute Gasteiger partial charge is 0.348 e. The maximum absolute atomic E-state index is 11.4. The number of aromatic nitrogens is 4. The molecule has 3 heterocycles. The highest BCUT2D eigenvalue weighted by Crippen LogP contribution is 2.30. The fraction of sp³-hybridized carbons (Fsp3) is 0.188. The second-order valence-corrected chi connectivity index (χ2v) is 6.09. The summed E-state index contributed by atoms with van der Waals surface area (Å²) >= 11 is 0. The van der Waals surface area contributed by atoms with Gasteiger partial charge in [0.25, 0.3) is 5.69 Å². The van der Waals surface area contributed by atoms with Crippen LogP contribution in [0.5, 0.6) is 0 Å². The van der Waals surface area contributed by atoms with E-state index < -0.39 is 9.85 Å². The number of imidazole rings is 1. The summed E-state index contributed by atoms with van der Waals surface area (Å²) in [6.07, 6.45) is 3.38. The monoisotopic (exact) mass is 382 g/mol. The minimum Gasteiger partial charge on any atom is -0.348 e. The topological polar surface area (TPSA) is 156 Å². The van der Waals surface area contributed by atoms with Gasteiger partial charge in [0.2, 0.25) is 11.8 Å². The summed E-state index contributed by atoms with van der Waals surface area (Å²) < 4.78 is 0. The third kappa shape index (κ3) is 3.30. The van der Waals surface area contributed by atoms with E-state index in [4.69, 9.17) is 0 Å². The van der Waals surface area contributed by atoms with Gasteiger partial charge in [-0.05, 0) is 6.07 Å². The van der Waals surface area contributed by atoms with Crippen LogP contribution in [0.3, 0.4) is 0 Å². The number of nitro groups is 2. The number of H-pyrrole nitrogens is 1. The van der Waals surface area contributed by atoms with Crippen LogP contribution in [0.25, 0.3) is 0 Å². The molecule has 0 unspecified atom stereocenters. The number of aromatic amines is 1. The van der Waals surface area contributed by atoms with Gasteiger partial charge in [-0.25, -0.2) is 9.97 Å². The highest BCUT2D eigenvalue weighted by atomic mass is 16.6. The first-order valence-corrected chi connectivity index (χ1v) is 8.30. The molecule has 0 saturated heterocycles. The van der Waals surface area contributed by atoms with Crippen LogP contribution in [0.1, 0.15) is 11.4 Å². The molecule has 0 amide bonds. The summed E-state index contributed by atoms with van der Waals surface area (Å²) in [5.41, 5.74) is 1.91. The van der Waals surface area contributed by atoms with Crippen LogP contribution in [0.15, 0.2) is 36.8 Å². The van der Waals surface area contributed by atoms with Gasteiger partial charge in [-0.3, -0.25) is 20.2 Å². The molecule has 1 aliphatic heterocycles. The summed E-state index contributed by atoms with van der Waals surface area (Å²) in [6.45, 7) is 0.913. The van der Waals surface area contributed by atoms with Crippen molar-refractivity contribution in [1.82, 2.24) is 19.9 Å². The number of anilines is 3. The van der Waals surface area contributed by atoms with E-state index in [0.717, 1.165) is 17.6 Å². The normalized spacial score (nSPS) is 13.1. The van der Waals surface area contributed by atoms with Crippen molar-refractivity contribution in [3.8, 4) is 0 Å². The molecule has 12 nitrogen and oxygen atoms in total. The minimum atomic E-state index is -0.535. The van der Waals surface area contributed by atoms with Crippen LogP contribution >= 0.6 is 0 Å². The number of nitrogens with zero attached hydrogens (tertiary/aromatic N) is 6. The van der Waals surface area contributed by atoms with Crippen molar-refractivity contribution >= 4 is 28.8 Å². The zero-order valence-corrected chi connectivity index (χ0v) is 14.4. The first kappa shape index (κ1) is 17.3. The van der Waals surface area contributed by atoms with Gasteiger partial charge in [-0.15, -0.1) is 0 Å². The molecule has 4 rings (SSSR count). The number of fused-ring (bicyclic) bond motifs is 1. The summed E-state index contributed by atoms with van der Waals surface area (Å²) in [6, 6.07) is 5.84. The van der Waals surface area contributed by atoms with Gasteiger partial charge in [0.1, 0.15) is 6.20 Å². The molecular formula is C16H14N8O4. The van der Waals surface area contributed by atoms with Gasteiger partial charge in [0.15, 0.2) is 0 Å². The molecule has 1 aliphatic rings. The molecule has 1 aromatic carbocycles. The first-order valence-electron chi connectivity index (χ1n) is 8.30. The van der Waals surface area contributed by atoms with E-state index in [1.54, 1.807) is 17.3 Å². The Morgan fingerprint density at radius 2 is 2.04 bits per heavy atom. The van der Waals surface area contributed by atoms with Gasteiger partial charge in [-0.1, -0.05) is 6.07 Å². The van der Waals surface area contributed by atoms with Crippen molar-refractivity contribution < 1.29 is 9.85 Å². The van der Waals surface area contributed by atoms with Crippen LogP contribution in [0.4, 0.5) is 28.8 Å².